The average Bonchev–Trinajstić information content (AvgIpc) is 3.89. The van der Waals surface area contributed by atoms with Crippen molar-refractivity contribution in [2.75, 3.05) is 28.4 Å². The molecule has 5 rings (SSSR count). The van der Waals surface area contributed by atoms with Gasteiger partial charge in [0.15, 0.2) is 0 Å². The highest BCUT2D eigenvalue weighted by atomic mass is 16.5. The molecule has 0 aliphatic heterocycles. The number of allylic oxidation sites excluding steroid dienone is 4. The van der Waals surface area contributed by atoms with E-state index < -0.39 is 34.5 Å². The first-order chi connectivity index (χ1) is 18.3. The topological polar surface area (TPSA) is 105 Å². The Balaban J connectivity index is 1.47. The number of rotatable bonds is 6. The summed E-state index contributed by atoms with van der Waals surface area (Å²) in [5.41, 5.74) is 3.27. The number of carbonyl (C=O) groups excluding carboxylic acids is 4. The average molecular weight is 523 g/mol. The van der Waals surface area contributed by atoms with Gasteiger partial charge in [0, 0.05) is 10.8 Å². The first-order valence-corrected chi connectivity index (χ1v) is 13.1. The van der Waals surface area contributed by atoms with E-state index in [1.54, 1.807) is 0 Å². The monoisotopic (exact) mass is 522 g/mol. The minimum Gasteiger partial charge on any atom is -0.469 e. The van der Waals surface area contributed by atoms with Gasteiger partial charge in [-0.25, -0.2) is 0 Å². The van der Waals surface area contributed by atoms with E-state index in [2.05, 4.69) is 12.2 Å². The summed E-state index contributed by atoms with van der Waals surface area (Å²) in [4.78, 5) is 50.7. The summed E-state index contributed by atoms with van der Waals surface area (Å²) in [6.07, 6.45) is 8.18. The van der Waals surface area contributed by atoms with Gasteiger partial charge in [-0.2, -0.15) is 0 Å². The Morgan fingerprint density at radius 2 is 0.895 bits per heavy atom. The maximum absolute atomic E-state index is 12.8. The Morgan fingerprint density at radius 1 is 0.579 bits per heavy atom. The molecule has 4 aliphatic rings. The largest absolute Gasteiger partial charge is 0.469 e. The van der Waals surface area contributed by atoms with Crippen molar-refractivity contribution in [3.8, 4) is 0 Å². The van der Waals surface area contributed by atoms with Crippen LogP contribution in [0.3, 0.4) is 0 Å². The third kappa shape index (κ3) is 3.96. The molecule has 202 valence electrons. The fraction of sp³-hybridized carbons (Fsp3) is 0.533. The van der Waals surface area contributed by atoms with Crippen LogP contribution in [0, 0.1) is 34.5 Å². The minimum atomic E-state index is -0.577. The van der Waals surface area contributed by atoms with Crippen LogP contribution >= 0.6 is 0 Å². The lowest BCUT2D eigenvalue weighted by Gasteiger charge is -2.37. The lowest BCUT2D eigenvalue weighted by molar-refractivity contribution is -0.160. The smallest absolute Gasteiger partial charge is 0.310 e. The number of hydrogen-bond donors (Lipinski definition) is 0. The number of methoxy groups -OCH3 is 4. The zero-order valence-corrected chi connectivity index (χ0v) is 22.3. The minimum absolute atomic E-state index is 0.378. The maximum Gasteiger partial charge on any atom is 0.310 e. The van der Waals surface area contributed by atoms with Crippen LogP contribution in [-0.4, -0.2) is 52.3 Å². The molecule has 1 aromatic carbocycles. The summed E-state index contributed by atoms with van der Waals surface area (Å²) in [5, 5.41) is 0. The fourth-order valence-electron chi connectivity index (χ4n) is 7.14. The number of ether oxygens (including phenoxy) is 4. The van der Waals surface area contributed by atoms with E-state index in [9.17, 15) is 19.2 Å². The second-order valence-electron chi connectivity index (χ2n) is 10.9. The quantitative estimate of drug-likeness (QED) is 0.408. The third-order valence-corrected chi connectivity index (χ3v) is 9.22. The van der Waals surface area contributed by atoms with Gasteiger partial charge in [-0.1, -0.05) is 36.4 Å². The van der Waals surface area contributed by atoms with Gasteiger partial charge in [-0.05, 0) is 60.8 Å². The van der Waals surface area contributed by atoms with E-state index in [-0.39, 0.29) is 23.9 Å². The molecule has 38 heavy (non-hydrogen) atoms. The van der Waals surface area contributed by atoms with Crippen molar-refractivity contribution < 1.29 is 38.1 Å². The van der Waals surface area contributed by atoms with Crippen LogP contribution < -0.4 is 0 Å². The van der Waals surface area contributed by atoms with Crippen molar-refractivity contribution in [3.63, 3.8) is 0 Å². The van der Waals surface area contributed by atoms with Gasteiger partial charge in [0.1, 0.15) is 0 Å². The zero-order chi connectivity index (χ0) is 27.2. The summed E-state index contributed by atoms with van der Waals surface area (Å²) in [6.45, 7) is 0. The van der Waals surface area contributed by atoms with E-state index >= 15 is 0 Å². The molecule has 0 amide bonds. The summed E-state index contributed by atoms with van der Waals surface area (Å²) in [6, 6.07) is 8.18. The molecule has 2 fully saturated rings. The maximum atomic E-state index is 12.8. The molecule has 1 aromatic rings. The van der Waals surface area contributed by atoms with Crippen LogP contribution in [0.4, 0.5) is 0 Å². The van der Waals surface area contributed by atoms with Gasteiger partial charge < -0.3 is 18.9 Å². The van der Waals surface area contributed by atoms with Gasteiger partial charge in [0.2, 0.25) is 0 Å². The van der Waals surface area contributed by atoms with Gasteiger partial charge in [0.25, 0.3) is 0 Å². The Bertz CT molecular complexity index is 1120. The molecule has 0 N–H and O–H groups in total. The molecule has 4 aliphatic carbocycles. The number of carbonyl (C=O) groups is 4. The van der Waals surface area contributed by atoms with Crippen LogP contribution in [0.15, 0.2) is 36.4 Å². The summed E-state index contributed by atoms with van der Waals surface area (Å²) >= 11 is 0. The van der Waals surface area contributed by atoms with E-state index in [1.165, 1.54) is 28.4 Å². The van der Waals surface area contributed by atoms with Crippen LogP contribution in [0.5, 0.6) is 0 Å². The van der Waals surface area contributed by atoms with Crippen LogP contribution in [0.1, 0.15) is 49.7 Å². The van der Waals surface area contributed by atoms with Crippen molar-refractivity contribution in [3.05, 3.63) is 47.5 Å². The highest BCUT2D eigenvalue weighted by molar-refractivity contribution is 5.91. The van der Waals surface area contributed by atoms with Gasteiger partial charge in [-0.3, -0.25) is 19.2 Å². The zero-order valence-electron chi connectivity index (χ0n) is 22.3. The van der Waals surface area contributed by atoms with Crippen LogP contribution in [0.2, 0.25) is 0 Å². The Kier molecular flexibility index (Phi) is 6.70. The van der Waals surface area contributed by atoms with Gasteiger partial charge in [0.05, 0.1) is 52.1 Å². The van der Waals surface area contributed by atoms with Gasteiger partial charge >= 0.3 is 23.9 Å². The van der Waals surface area contributed by atoms with E-state index in [0.717, 1.165) is 48.0 Å². The molecule has 8 heteroatoms. The molecule has 4 atom stereocenters. The lowest BCUT2D eigenvalue weighted by Crippen LogP contribution is -2.41. The van der Waals surface area contributed by atoms with Crippen molar-refractivity contribution in [1.29, 1.82) is 0 Å². The number of benzene rings is 1. The Morgan fingerprint density at radius 3 is 1.16 bits per heavy atom. The van der Waals surface area contributed by atoms with Crippen molar-refractivity contribution in [2.24, 2.45) is 34.5 Å². The molecule has 0 aromatic heterocycles. The molecule has 2 spiro atoms. The van der Waals surface area contributed by atoms with Crippen molar-refractivity contribution in [1.82, 2.24) is 0 Å². The molecule has 8 nitrogen and oxygen atoms in total. The molecule has 0 heterocycles. The molecule has 0 saturated heterocycles. The van der Waals surface area contributed by atoms with Crippen LogP contribution in [-0.2, 0) is 38.1 Å². The Labute approximate surface area is 222 Å². The second kappa shape index (κ2) is 9.71. The van der Waals surface area contributed by atoms with Crippen LogP contribution in [0.25, 0.3) is 11.1 Å². The summed E-state index contributed by atoms with van der Waals surface area (Å²) in [7, 11) is 5.41. The molecule has 0 bridgehead atoms. The predicted molar refractivity (Wildman–Crippen MR) is 137 cm³/mol. The predicted octanol–water partition coefficient (Wildman–Crippen LogP) is 3.98. The molecular formula is C30H34O8. The highest BCUT2D eigenvalue weighted by Crippen LogP contribution is 2.67. The van der Waals surface area contributed by atoms with Crippen molar-refractivity contribution >= 4 is 35.0 Å². The number of esters is 4. The van der Waals surface area contributed by atoms with E-state index in [0.29, 0.717) is 12.8 Å². The fourth-order valence-corrected chi connectivity index (χ4v) is 7.14. The summed E-state index contributed by atoms with van der Waals surface area (Å²) < 4.78 is 20.3. The molecule has 0 radical (unpaired) electrons. The van der Waals surface area contributed by atoms with E-state index in [1.807, 2.05) is 24.3 Å². The Hall–Kier alpha value is -3.42. The SMILES string of the molecule is COC(=O)[C@H]1CC=C(c2ccc(C3=CC[C@@H](C(=O)OC)[C@H](C(=O)OC)C34CC4)cc2)C2(CC2)[C@@H]1C(=O)OC. The standard InChI is InChI=1S/C30H34O8/c1-35-25(31)19-9-11-21(29(13-14-29)23(19)27(33)37-3)17-5-7-18(8-6-17)22-12-10-20(26(32)36-2)24(28(34)38-4)30(22)15-16-30/h5-8,11-12,19-20,23-24H,9-10,13-16H2,1-4H3/t19-,20+,23-,24+. The highest BCUT2D eigenvalue weighted by Gasteiger charge is 2.62. The third-order valence-electron chi connectivity index (χ3n) is 9.22. The molecular weight excluding hydrogens is 488 g/mol. The first kappa shape index (κ1) is 26.2. The second-order valence-corrected chi connectivity index (χ2v) is 10.9. The van der Waals surface area contributed by atoms with E-state index in [4.69, 9.17) is 18.9 Å². The normalized spacial score (nSPS) is 28.0. The lowest BCUT2D eigenvalue weighted by atomic mass is 9.66. The van der Waals surface area contributed by atoms with Crippen molar-refractivity contribution in [2.45, 2.75) is 38.5 Å². The summed E-state index contributed by atoms with van der Waals surface area (Å²) in [5.74, 6) is -3.80. The number of hydrogen-bond acceptors (Lipinski definition) is 8. The molecule has 2 saturated carbocycles. The first-order valence-electron chi connectivity index (χ1n) is 13.1. The molecule has 0 unspecified atom stereocenters. The van der Waals surface area contributed by atoms with Gasteiger partial charge in [-0.15, -0.1) is 0 Å².